The molecule has 0 saturated carbocycles. The highest BCUT2D eigenvalue weighted by Gasteiger charge is 2.12. The van der Waals surface area contributed by atoms with Crippen molar-refractivity contribution >= 4 is 0 Å². The monoisotopic (exact) mass is 613 g/mol. The Morgan fingerprint density at radius 1 is 0.250 bits per heavy atom. The summed E-state index contributed by atoms with van der Waals surface area (Å²) in [6, 6.07) is 61.5. The first-order valence-electron chi connectivity index (χ1n) is 16.1. The third-order valence-corrected chi connectivity index (χ3v) is 8.68. The van der Waals surface area contributed by atoms with Crippen molar-refractivity contribution in [3.63, 3.8) is 0 Å². The maximum absolute atomic E-state index is 5.02. The summed E-state index contributed by atoms with van der Waals surface area (Å²) < 4.78 is 0. The topological polar surface area (TPSA) is 38.7 Å². The van der Waals surface area contributed by atoms with E-state index in [1.165, 1.54) is 38.9 Å². The Labute approximate surface area is 280 Å². The molecule has 2 heterocycles. The Bertz CT molecular complexity index is 2260. The Balaban J connectivity index is 1.07. The molecule has 48 heavy (non-hydrogen) atoms. The van der Waals surface area contributed by atoms with E-state index in [-0.39, 0.29) is 0 Å². The summed E-state index contributed by atoms with van der Waals surface area (Å²) in [6.07, 6.45) is 3.65. The van der Waals surface area contributed by atoms with Crippen molar-refractivity contribution in [2.24, 2.45) is 0 Å². The number of nitrogens with zero attached hydrogens (tertiary/aromatic N) is 3. The average Bonchev–Trinajstić information content (AvgIpc) is 3.19. The van der Waals surface area contributed by atoms with Crippen LogP contribution in [-0.2, 0) is 0 Å². The molecule has 0 aliphatic heterocycles. The quantitative estimate of drug-likeness (QED) is 0.179. The zero-order valence-electron chi connectivity index (χ0n) is 26.2. The van der Waals surface area contributed by atoms with Crippen molar-refractivity contribution in [1.29, 1.82) is 0 Å². The largest absolute Gasteiger partial charge is 0.265 e. The molecule has 3 heteroatoms. The number of hydrogen-bond acceptors (Lipinski definition) is 3. The van der Waals surface area contributed by atoms with E-state index in [1.807, 2.05) is 48.8 Å². The predicted octanol–water partition coefficient (Wildman–Crippen LogP) is 11.5. The molecule has 2 aromatic heterocycles. The number of hydrogen-bond donors (Lipinski definition) is 0. The minimum atomic E-state index is 0.712. The SMILES string of the molecule is c1ccc(-c2ccc(-c3cc(-c4ccc(-c5ccc(-c6ccc(-c7ccncc7)cc6)cc5)cc4)nc(-c4ccccc4)n3)cc2)cc1. The lowest BCUT2D eigenvalue weighted by atomic mass is 9.97. The van der Waals surface area contributed by atoms with Crippen LogP contribution in [0.15, 0.2) is 188 Å². The summed E-state index contributed by atoms with van der Waals surface area (Å²) >= 11 is 0. The van der Waals surface area contributed by atoms with E-state index in [4.69, 9.17) is 9.97 Å². The molecule has 8 aromatic rings. The predicted molar refractivity (Wildman–Crippen MR) is 198 cm³/mol. The van der Waals surface area contributed by atoms with Crippen LogP contribution < -0.4 is 0 Å². The van der Waals surface area contributed by atoms with Gasteiger partial charge in [-0.2, -0.15) is 0 Å². The van der Waals surface area contributed by atoms with Gasteiger partial charge in [-0.3, -0.25) is 4.98 Å². The lowest BCUT2D eigenvalue weighted by Gasteiger charge is -2.11. The zero-order valence-corrected chi connectivity index (χ0v) is 26.2. The van der Waals surface area contributed by atoms with Crippen LogP contribution in [0.1, 0.15) is 0 Å². The van der Waals surface area contributed by atoms with E-state index in [9.17, 15) is 0 Å². The number of pyridine rings is 1. The van der Waals surface area contributed by atoms with Gasteiger partial charge in [-0.1, -0.05) is 158 Å². The maximum Gasteiger partial charge on any atom is 0.160 e. The standard InChI is InChI=1S/C45H31N3/c1-3-7-32(8-4-1)33-19-23-40(24-20-33)43-31-44(48-45(47-43)42-9-5-2-6-10-42)41-25-21-37(22-26-41)36-13-11-34(12-14-36)35-15-17-38(18-16-35)39-27-29-46-30-28-39/h1-31H. The molecule has 0 aliphatic carbocycles. The smallest absolute Gasteiger partial charge is 0.160 e. The highest BCUT2D eigenvalue weighted by Crippen LogP contribution is 2.32. The van der Waals surface area contributed by atoms with Gasteiger partial charge in [-0.25, -0.2) is 9.97 Å². The molecule has 0 saturated heterocycles. The fourth-order valence-corrected chi connectivity index (χ4v) is 6.01. The zero-order chi connectivity index (χ0) is 32.1. The molecule has 3 nitrogen and oxygen atoms in total. The van der Waals surface area contributed by atoms with Gasteiger partial charge in [0.15, 0.2) is 5.82 Å². The molecule has 0 atom stereocenters. The fraction of sp³-hybridized carbons (Fsp3) is 0. The lowest BCUT2D eigenvalue weighted by Crippen LogP contribution is -1.96. The van der Waals surface area contributed by atoms with Crippen LogP contribution in [0, 0.1) is 0 Å². The normalized spacial score (nSPS) is 10.9. The van der Waals surface area contributed by atoms with Gasteiger partial charge in [0, 0.05) is 29.1 Å². The van der Waals surface area contributed by atoms with Gasteiger partial charge >= 0.3 is 0 Å². The summed E-state index contributed by atoms with van der Waals surface area (Å²) in [5.41, 5.74) is 14.3. The van der Waals surface area contributed by atoms with Crippen LogP contribution in [0.3, 0.4) is 0 Å². The molecule has 6 aromatic carbocycles. The van der Waals surface area contributed by atoms with Crippen LogP contribution in [0.25, 0.3) is 78.4 Å². The molecule has 0 amide bonds. The number of benzene rings is 6. The Kier molecular flexibility index (Phi) is 7.92. The van der Waals surface area contributed by atoms with Gasteiger partial charge in [0.05, 0.1) is 11.4 Å². The van der Waals surface area contributed by atoms with E-state index in [2.05, 4.69) is 145 Å². The first-order chi connectivity index (χ1) is 23.8. The van der Waals surface area contributed by atoms with Crippen LogP contribution in [0.5, 0.6) is 0 Å². The summed E-state index contributed by atoms with van der Waals surface area (Å²) in [5, 5.41) is 0. The Hall–Kier alpha value is -6.45. The maximum atomic E-state index is 5.02. The van der Waals surface area contributed by atoms with Gasteiger partial charge in [0.25, 0.3) is 0 Å². The van der Waals surface area contributed by atoms with Gasteiger partial charge in [-0.05, 0) is 62.7 Å². The van der Waals surface area contributed by atoms with Crippen LogP contribution in [-0.4, -0.2) is 15.0 Å². The second-order valence-electron chi connectivity index (χ2n) is 11.7. The van der Waals surface area contributed by atoms with Gasteiger partial charge in [0.2, 0.25) is 0 Å². The minimum Gasteiger partial charge on any atom is -0.265 e. The molecular formula is C45H31N3. The summed E-state index contributed by atoms with van der Waals surface area (Å²) in [6.45, 7) is 0. The second-order valence-corrected chi connectivity index (χ2v) is 11.7. The molecular weight excluding hydrogens is 583 g/mol. The third-order valence-electron chi connectivity index (χ3n) is 8.68. The highest BCUT2D eigenvalue weighted by atomic mass is 14.9. The Morgan fingerprint density at radius 3 is 0.917 bits per heavy atom. The first-order valence-corrected chi connectivity index (χ1v) is 16.1. The van der Waals surface area contributed by atoms with E-state index in [0.29, 0.717) is 5.82 Å². The highest BCUT2D eigenvalue weighted by molar-refractivity contribution is 5.77. The minimum absolute atomic E-state index is 0.712. The van der Waals surface area contributed by atoms with E-state index < -0.39 is 0 Å². The van der Waals surface area contributed by atoms with Crippen molar-refractivity contribution < 1.29 is 0 Å². The van der Waals surface area contributed by atoms with Crippen LogP contribution >= 0.6 is 0 Å². The summed E-state index contributed by atoms with van der Waals surface area (Å²) in [7, 11) is 0. The molecule has 0 spiro atoms. The van der Waals surface area contributed by atoms with Crippen LogP contribution in [0.4, 0.5) is 0 Å². The molecule has 226 valence electrons. The molecule has 0 aliphatic rings. The van der Waals surface area contributed by atoms with Crippen molar-refractivity contribution in [1.82, 2.24) is 15.0 Å². The lowest BCUT2D eigenvalue weighted by molar-refractivity contribution is 1.18. The molecule has 0 radical (unpaired) electrons. The number of aromatic nitrogens is 3. The summed E-state index contributed by atoms with van der Waals surface area (Å²) in [5.74, 6) is 0.712. The van der Waals surface area contributed by atoms with E-state index in [1.54, 1.807) is 0 Å². The molecule has 0 N–H and O–H groups in total. The molecule has 8 rings (SSSR count). The molecule has 0 fully saturated rings. The van der Waals surface area contributed by atoms with Gasteiger partial charge < -0.3 is 0 Å². The fourth-order valence-electron chi connectivity index (χ4n) is 6.01. The van der Waals surface area contributed by atoms with Crippen molar-refractivity contribution in [3.05, 3.63) is 188 Å². The molecule has 0 unspecified atom stereocenters. The second kappa shape index (κ2) is 13.1. The van der Waals surface area contributed by atoms with E-state index in [0.717, 1.165) is 33.6 Å². The van der Waals surface area contributed by atoms with Crippen LogP contribution in [0.2, 0.25) is 0 Å². The van der Waals surface area contributed by atoms with Gasteiger partial charge in [-0.15, -0.1) is 0 Å². The molecule has 0 bridgehead atoms. The third kappa shape index (κ3) is 6.18. The summed E-state index contributed by atoms with van der Waals surface area (Å²) in [4.78, 5) is 14.2. The van der Waals surface area contributed by atoms with Gasteiger partial charge in [0.1, 0.15) is 0 Å². The Morgan fingerprint density at radius 2 is 0.542 bits per heavy atom. The van der Waals surface area contributed by atoms with E-state index >= 15 is 0 Å². The average molecular weight is 614 g/mol. The van der Waals surface area contributed by atoms with Crippen molar-refractivity contribution in [3.8, 4) is 78.4 Å². The first kappa shape index (κ1) is 29.0. The number of rotatable bonds is 7. The van der Waals surface area contributed by atoms with Crippen molar-refractivity contribution in [2.75, 3.05) is 0 Å². The van der Waals surface area contributed by atoms with Crippen molar-refractivity contribution in [2.45, 2.75) is 0 Å².